The fourth-order valence-electron chi connectivity index (χ4n) is 2.17. The SMILES string of the molecule is CC1(C)CCC(Nc2nccc(N)n2)CC1. The van der Waals surface area contributed by atoms with E-state index < -0.39 is 0 Å². The molecule has 1 aromatic rings. The van der Waals surface area contributed by atoms with Crippen molar-refractivity contribution in [3.8, 4) is 0 Å². The zero-order valence-electron chi connectivity index (χ0n) is 10.0. The lowest BCUT2D eigenvalue weighted by Gasteiger charge is -2.34. The Hall–Kier alpha value is -1.32. The van der Waals surface area contributed by atoms with Crippen LogP contribution >= 0.6 is 0 Å². The molecule has 1 heterocycles. The summed E-state index contributed by atoms with van der Waals surface area (Å²) in [5.41, 5.74) is 6.11. The monoisotopic (exact) mass is 220 g/mol. The Morgan fingerprint density at radius 1 is 1.38 bits per heavy atom. The Morgan fingerprint density at radius 2 is 2.06 bits per heavy atom. The minimum Gasteiger partial charge on any atom is -0.384 e. The molecule has 1 aliphatic rings. The summed E-state index contributed by atoms with van der Waals surface area (Å²) in [7, 11) is 0. The molecule has 1 fully saturated rings. The number of nitrogens with one attached hydrogen (secondary N) is 1. The van der Waals surface area contributed by atoms with Crippen molar-refractivity contribution in [2.75, 3.05) is 11.1 Å². The number of aromatic nitrogens is 2. The zero-order chi connectivity index (χ0) is 11.6. The fraction of sp³-hybridized carbons (Fsp3) is 0.667. The minimum absolute atomic E-state index is 0.495. The highest BCUT2D eigenvalue weighted by atomic mass is 15.1. The first-order valence-corrected chi connectivity index (χ1v) is 5.90. The van der Waals surface area contributed by atoms with Gasteiger partial charge in [-0.3, -0.25) is 0 Å². The summed E-state index contributed by atoms with van der Waals surface area (Å²) in [5, 5.41) is 3.36. The van der Waals surface area contributed by atoms with E-state index in [4.69, 9.17) is 5.73 Å². The van der Waals surface area contributed by atoms with E-state index in [1.807, 2.05) is 0 Å². The molecule has 0 amide bonds. The van der Waals surface area contributed by atoms with Gasteiger partial charge in [-0.15, -0.1) is 0 Å². The van der Waals surface area contributed by atoms with E-state index in [2.05, 4.69) is 29.1 Å². The first-order valence-electron chi connectivity index (χ1n) is 5.90. The largest absolute Gasteiger partial charge is 0.384 e. The van der Waals surface area contributed by atoms with Crippen molar-refractivity contribution in [2.24, 2.45) is 5.41 Å². The number of hydrogen-bond donors (Lipinski definition) is 2. The molecule has 0 saturated heterocycles. The van der Waals surface area contributed by atoms with Crippen molar-refractivity contribution < 1.29 is 0 Å². The number of nitrogen functional groups attached to an aromatic ring is 1. The number of nitrogens with zero attached hydrogens (tertiary/aromatic N) is 2. The Morgan fingerprint density at radius 3 is 2.69 bits per heavy atom. The molecule has 0 aromatic carbocycles. The molecule has 4 heteroatoms. The summed E-state index contributed by atoms with van der Waals surface area (Å²) >= 11 is 0. The van der Waals surface area contributed by atoms with Gasteiger partial charge in [-0.1, -0.05) is 13.8 Å². The van der Waals surface area contributed by atoms with Crippen molar-refractivity contribution in [1.82, 2.24) is 9.97 Å². The smallest absolute Gasteiger partial charge is 0.224 e. The van der Waals surface area contributed by atoms with Gasteiger partial charge in [0.2, 0.25) is 5.95 Å². The molecule has 1 aromatic heterocycles. The number of hydrogen-bond acceptors (Lipinski definition) is 4. The summed E-state index contributed by atoms with van der Waals surface area (Å²) in [6, 6.07) is 2.20. The molecule has 0 bridgehead atoms. The van der Waals surface area contributed by atoms with E-state index in [1.54, 1.807) is 12.3 Å². The average Bonchev–Trinajstić information content (AvgIpc) is 2.21. The standard InChI is InChI=1S/C12H20N4/c1-12(2)6-3-9(4-7-12)15-11-14-8-5-10(13)16-11/h5,8-9H,3-4,6-7H2,1-2H3,(H3,13,14,15,16). The second kappa shape index (κ2) is 4.28. The Bertz CT molecular complexity index is 352. The van der Waals surface area contributed by atoms with Gasteiger partial charge in [0.1, 0.15) is 5.82 Å². The molecule has 0 radical (unpaired) electrons. The molecule has 1 saturated carbocycles. The second-order valence-electron chi connectivity index (χ2n) is 5.39. The lowest BCUT2D eigenvalue weighted by Crippen LogP contribution is -2.30. The minimum atomic E-state index is 0.495. The van der Waals surface area contributed by atoms with Crippen LogP contribution < -0.4 is 11.1 Å². The van der Waals surface area contributed by atoms with Crippen molar-refractivity contribution in [1.29, 1.82) is 0 Å². The highest BCUT2D eigenvalue weighted by Gasteiger charge is 2.26. The van der Waals surface area contributed by atoms with Crippen molar-refractivity contribution in [3.05, 3.63) is 12.3 Å². The van der Waals surface area contributed by atoms with Gasteiger partial charge >= 0.3 is 0 Å². The molecule has 3 N–H and O–H groups in total. The van der Waals surface area contributed by atoms with Crippen molar-refractivity contribution in [2.45, 2.75) is 45.6 Å². The summed E-state index contributed by atoms with van der Waals surface area (Å²) in [6.07, 6.45) is 6.58. The van der Waals surface area contributed by atoms with Crippen LogP contribution in [0.5, 0.6) is 0 Å². The second-order valence-corrected chi connectivity index (χ2v) is 5.39. The fourth-order valence-corrected chi connectivity index (χ4v) is 2.17. The average molecular weight is 220 g/mol. The van der Waals surface area contributed by atoms with Gasteiger partial charge in [0.25, 0.3) is 0 Å². The first-order chi connectivity index (χ1) is 7.55. The van der Waals surface area contributed by atoms with Gasteiger partial charge in [0.15, 0.2) is 0 Å². The van der Waals surface area contributed by atoms with Crippen LogP contribution in [0.25, 0.3) is 0 Å². The van der Waals surface area contributed by atoms with Gasteiger partial charge in [-0.2, -0.15) is 4.98 Å². The number of nitrogens with two attached hydrogens (primary N) is 1. The van der Waals surface area contributed by atoms with Crippen molar-refractivity contribution >= 4 is 11.8 Å². The molecule has 0 spiro atoms. The third-order valence-electron chi connectivity index (χ3n) is 3.35. The molecule has 1 aliphatic carbocycles. The van der Waals surface area contributed by atoms with Crippen LogP contribution in [0, 0.1) is 5.41 Å². The van der Waals surface area contributed by atoms with Crippen LogP contribution in [0.15, 0.2) is 12.3 Å². The van der Waals surface area contributed by atoms with E-state index in [0.29, 0.717) is 23.2 Å². The topological polar surface area (TPSA) is 63.8 Å². The molecular weight excluding hydrogens is 200 g/mol. The lowest BCUT2D eigenvalue weighted by atomic mass is 9.76. The van der Waals surface area contributed by atoms with Crippen LogP contribution in [-0.2, 0) is 0 Å². The van der Waals surface area contributed by atoms with Crippen LogP contribution in [-0.4, -0.2) is 16.0 Å². The molecule has 0 atom stereocenters. The van der Waals surface area contributed by atoms with E-state index in [0.717, 1.165) is 0 Å². The van der Waals surface area contributed by atoms with Gasteiger partial charge in [0, 0.05) is 12.2 Å². The Kier molecular flexibility index (Phi) is 2.99. The number of anilines is 2. The summed E-state index contributed by atoms with van der Waals surface area (Å²) < 4.78 is 0. The quantitative estimate of drug-likeness (QED) is 0.803. The van der Waals surface area contributed by atoms with Gasteiger partial charge < -0.3 is 11.1 Å². The predicted molar refractivity (Wildman–Crippen MR) is 66.1 cm³/mol. The summed E-state index contributed by atoms with van der Waals surface area (Å²) in [5.74, 6) is 1.18. The third-order valence-corrected chi connectivity index (χ3v) is 3.35. The molecule has 0 unspecified atom stereocenters. The maximum absolute atomic E-state index is 5.62. The molecule has 16 heavy (non-hydrogen) atoms. The highest BCUT2D eigenvalue weighted by Crippen LogP contribution is 2.35. The van der Waals surface area contributed by atoms with Crippen LogP contribution in [0.2, 0.25) is 0 Å². The first kappa shape index (κ1) is 11.2. The zero-order valence-corrected chi connectivity index (χ0v) is 10.0. The van der Waals surface area contributed by atoms with Crippen molar-refractivity contribution in [3.63, 3.8) is 0 Å². The van der Waals surface area contributed by atoms with E-state index in [9.17, 15) is 0 Å². The van der Waals surface area contributed by atoms with Gasteiger partial charge in [-0.05, 0) is 37.2 Å². The van der Waals surface area contributed by atoms with E-state index in [-0.39, 0.29) is 0 Å². The highest BCUT2D eigenvalue weighted by molar-refractivity contribution is 5.35. The predicted octanol–water partition coefficient (Wildman–Crippen LogP) is 2.44. The van der Waals surface area contributed by atoms with Crippen LogP contribution in [0.4, 0.5) is 11.8 Å². The van der Waals surface area contributed by atoms with E-state index in [1.165, 1.54) is 25.7 Å². The summed E-state index contributed by atoms with van der Waals surface area (Å²) in [6.45, 7) is 4.67. The maximum atomic E-state index is 5.62. The Labute approximate surface area is 96.7 Å². The molecule has 4 nitrogen and oxygen atoms in total. The van der Waals surface area contributed by atoms with Crippen LogP contribution in [0.3, 0.4) is 0 Å². The van der Waals surface area contributed by atoms with Gasteiger partial charge in [-0.25, -0.2) is 4.98 Å². The molecule has 2 rings (SSSR count). The molecular formula is C12H20N4. The normalized spacial score (nSPS) is 20.6. The Balaban J connectivity index is 1.92. The van der Waals surface area contributed by atoms with E-state index >= 15 is 0 Å². The lowest BCUT2D eigenvalue weighted by molar-refractivity contribution is 0.232. The molecule has 0 aliphatic heterocycles. The summed E-state index contributed by atoms with van der Waals surface area (Å²) in [4.78, 5) is 8.33. The third kappa shape index (κ3) is 2.84. The molecule has 88 valence electrons. The maximum Gasteiger partial charge on any atom is 0.224 e. The number of rotatable bonds is 2. The van der Waals surface area contributed by atoms with Gasteiger partial charge in [0.05, 0.1) is 0 Å². The van der Waals surface area contributed by atoms with Crippen LogP contribution in [0.1, 0.15) is 39.5 Å².